The SMILES string of the molecule is N#Cc1c(Cl)c(Cl)nc(N2CCNCC2)c1Cl. The molecule has 1 N–H and O–H groups in total. The maximum absolute atomic E-state index is 9.01. The zero-order valence-corrected chi connectivity index (χ0v) is 11.1. The Bertz CT molecular complexity index is 477. The minimum absolute atomic E-state index is 0.109. The fraction of sp³-hybridized carbons (Fsp3) is 0.400. The molecule has 1 aliphatic heterocycles. The van der Waals surface area contributed by atoms with Crippen LogP contribution < -0.4 is 10.2 Å². The van der Waals surface area contributed by atoms with Crippen LogP contribution in [0, 0.1) is 11.3 Å². The van der Waals surface area contributed by atoms with Crippen LogP contribution in [-0.4, -0.2) is 31.2 Å². The lowest BCUT2D eigenvalue weighted by molar-refractivity contribution is 0.585. The monoisotopic (exact) mass is 290 g/mol. The van der Waals surface area contributed by atoms with Gasteiger partial charge in [0.1, 0.15) is 11.1 Å². The minimum Gasteiger partial charge on any atom is -0.353 e. The second-order valence-corrected chi connectivity index (χ2v) is 4.69. The molecule has 2 rings (SSSR count). The van der Waals surface area contributed by atoms with Crippen LogP contribution >= 0.6 is 34.8 Å². The summed E-state index contributed by atoms with van der Waals surface area (Å²) in [5.74, 6) is 0.527. The molecule has 4 nitrogen and oxygen atoms in total. The van der Waals surface area contributed by atoms with Crippen molar-refractivity contribution < 1.29 is 0 Å². The topological polar surface area (TPSA) is 52.0 Å². The average Bonchev–Trinajstić information content (AvgIpc) is 2.36. The fourth-order valence-electron chi connectivity index (χ4n) is 1.69. The van der Waals surface area contributed by atoms with E-state index in [1.54, 1.807) is 0 Å². The summed E-state index contributed by atoms with van der Waals surface area (Å²) in [6.45, 7) is 3.24. The normalized spacial score (nSPS) is 15.8. The highest BCUT2D eigenvalue weighted by atomic mass is 35.5. The Morgan fingerprint density at radius 2 is 1.82 bits per heavy atom. The van der Waals surface area contributed by atoms with E-state index in [1.165, 1.54) is 0 Å². The smallest absolute Gasteiger partial charge is 0.151 e. The van der Waals surface area contributed by atoms with Crippen LogP contribution in [0.5, 0.6) is 0 Å². The van der Waals surface area contributed by atoms with E-state index < -0.39 is 0 Å². The van der Waals surface area contributed by atoms with E-state index in [2.05, 4.69) is 10.3 Å². The zero-order valence-electron chi connectivity index (χ0n) is 8.80. The maximum atomic E-state index is 9.01. The molecule has 17 heavy (non-hydrogen) atoms. The van der Waals surface area contributed by atoms with Crippen LogP contribution in [0.25, 0.3) is 0 Å². The Labute approximate surface area is 114 Å². The summed E-state index contributed by atoms with van der Waals surface area (Å²) in [4.78, 5) is 6.14. The molecule has 1 aromatic heterocycles. The maximum Gasteiger partial charge on any atom is 0.151 e. The van der Waals surface area contributed by atoms with Crippen LogP contribution in [0.2, 0.25) is 15.2 Å². The van der Waals surface area contributed by atoms with Gasteiger partial charge < -0.3 is 10.2 Å². The summed E-state index contributed by atoms with van der Waals surface area (Å²) in [5, 5.41) is 12.7. The molecule has 2 heterocycles. The fourth-order valence-corrected chi connectivity index (χ4v) is 2.39. The lowest BCUT2D eigenvalue weighted by Crippen LogP contribution is -2.44. The third-order valence-corrected chi connectivity index (χ3v) is 3.65. The predicted molar refractivity (Wildman–Crippen MR) is 69.1 cm³/mol. The number of aromatic nitrogens is 1. The van der Waals surface area contributed by atoms with Gasteiger partial charge in [0, 0.05) is 26.2 Å². The molecule has 1 aliphatic rings. The van der Waals surface area contributed by atoms with Crippen molar-refractivity contribution in [2.24, 2.45) is 0 Å². The van der Waals surface area contributed by atoms with Gasteiger partial charge in [-0.25, -0.2) is 4.98 Å². The first-order valence-corrected chi connectivity index (χ1v) is 6.18. The number of pyridine rings is 1. The molecular weight excluding hydrogens is 282 g/mol. The Balaban J connectivity index is 2.47. The molecule has 1 fully saturated rings. The lowest BCUT2D eigenvalue weighted by Gasteiger charge is -2.29. The third kappa shape index (κ3) is 2.43. The van der Waals surface area contributed by atoms with Gasteiger partial charge in [-0.15, -0.1) is 0 Å². The van der Waals surface area contributed by atoms with Crippen LogP contribution in [0.3, 0.4) is 0 Å². The van der Waals surface area contributed by atoms with Gasteiger partial charge in [-0.05, 0) is 0 Å². The zero-order chi connectivity index (χ0) is 12.4. The molecule has 0 aromatic carbocycles. The van der Waals surface area contributed by atoms with Crippen LogP contribution in [-0.2, 0) is 0 Å². The number of hydrogen-bond acceptors (Lipinski definition) is 4. The van der Waals surface area contributed by atoms with Crippen molar-refractivity contribution in [2.75, 3.05) is 31.1 Å². The molecule has 0 amide bonds. The number of nitriles is 1. The van der Waals surface area contributed by atoms with Crippen molar-refractivity contribution >= 4 is 40.6 Å². The first-order valence-electron chi connectivity index (χ1n) is 5.05. The number of nitrogens with zero attached hydrogens (tertiary/aromatic N) is 3. The number of anilines is 1. The van der Waals surface area contributed by atoms with Gasteiger partial charge in [-0.1, -0.05) is 34.8 Å². The Morgan fingerprint density at radius 1 is 1.18 bits per heavy atom. The second-order valence-electron chi connectivity index (χ2n) is 3.58. The van der Waals surface area contributed by atoms with Crippen molar-refractivity contribution in [3.63, 3.8) is 0 Å². The van der Waals surface area contributed by atoms with Gasteiger partial charge in [-0.3, -0.25) is 0 Å². The quantitative estimate of drug-likeness (QED) is 0.807. The van der Waals surface area contributed by atoms with Crippen molar-refractivity contribution in [3.05, 3.63) is 20.8 Å². The highest BCUT2D eigenvalue weighted by molar-refractivity contribution is 6.44. The molecule has 0 aliphatic carbocycles. The van der Waals surface area contributed by atoms with Crippen LogP contribution in [0.4, 0.5) is 5.82 Å². The number of nitrogens with one attached hydrogen (secondary N) is 1. The Hall–Kier alpha value is -0.730. The molecular formula is C10H9Cl3N4. The molecule has 0 saturated carbocycles. The van der Waals surface area contributed by atoms with Gasteiger partial charge in [0.05, 0.1) is 10.6 Å². The van der Waals surface area contributed by atoms with E-state index in [1.807, 2.05) is 11.0 Å². The molecule has 0 spiro atoms. The molecule has 1 aromatic rings. The highest BCUT2D eigenvalue weighted by Crippen LogP contribution is 2.35. The average molecular weight is 292 g/mol. The summed E-state index contributed by atoms with van der Waals surface area (Å²) in [5.41, 5.74) is 0.182. The first-order chi connectivity index (χ1) is 8.15. The summed E-state index contributed by atoms with van der Waals surface area (Å²) >= 11 is 17.9. The van der Waals surface area contributed by atoms with E-state index in [-0.39, 0.29) is 20.8 Å². The van der Waals surface area contributed by atoms with Crippen molar-refractivity contribution in [1.82, 2.24) is 10.3 Å². The van der Waals surface area contributed by atoms with Gasteiger partial charge in [0.15, 0.2) is 11.0 Å². The third-order valence-electron chi connectivity index (χ3n) is 2.55. The molecule has 0 radical (unpaired) electrons. The van der Waals surface area contributed by atoms with Crippen LogP contribution in [0.1, 0.15) is 5.56 Å². The van der Waals surface area contributed by atoms with Crippen molar-refractivity contribution in [3.8, 4) is 6.07 Å². The number of halogens is 3. The van der Waals surface area contributed by atoms with Gasteiger partial charge in [0.25, 0.3) is 0 Å². The van der Waals surface area contributed by atoms with Crippen molar-refractivity contribution in [2.45, 2.75) is 0 Å². The van der Waals surface area contributed by atoms with E-state index in [0.29, 0.717) is 5.82 Å². The van der Waals surface area contributed by atoms with Crippen LogP contribution in [0.15, 0.2) is 0 Å². The summed E-state index contributed by atoms with van der Waals surface area (Å²) in [7, 11) is 0. The Morgan fingerprint density at radius 3 is 2.41 bits per heavy atom. The standard InChI is InChI=1S/C10H9Cl3N4/c11-7-6(5-14)8(12)10(16-9(7)13)17-3-1-15-2-4-17/h15H,1-4H2. The second kappa shape index (κ2) is 5.28. The van der Waals surface area contributed by atoms with E-state index in [9.17, 15) is 0 Å². The molecule has 0 bridgehead atoms. The number of hydrogen-bond donors (Lipinski definition) is 1. The van der Waals surface area contributed by atoms with Gasteiger partial charge in [-0.2, -0.15) is 5.26 Å². The first kappa shape index (κ1) is 12.7. The Kier molecular flexibility index (Phi) is 3.95. The highest BCUT2D eigenvalue weighted by Gasteiger charge is 2.21. The lowest BCUT2D eigenvalue weighted by atomic mass is 10.2. The summed E-state index contributed by atoms with van der Waals surface area (Å²) < 4.78 is 0. The molecule has 1 saturated heterocycles. The predicted octanol–water partition coefficient (Wildman–Crippen LogP) is 2.32. The number of rotatable bonds is 1. The van der Waals surface area contributed by atoms with Gasteiger partial charge >= 0.3 is 0 Å². The van der Waals surface area contributed by atoms with E-state index in [4.69, 9.17) is 40.1 Å². The minimum atomic E-state index is 0.109. The molecule has 0 atom stereocenters. The van der Waals surface area contributed by atoms with E-state index in [0.717, 1.165) is 26.2 Å². The number of piperazine rings is 1. The largest absolute Gasteiger partial charge is 0.353 e. The van der Waals surface area contributed by atoms with Gasteiger partial charge in [0.2, 0.25) is 0 Å². The van der Waals surface area contributed by atoms with E-state index >= 15 is 0 Å². The molecule has 90 valence electrons. The summed E-state index contributed by atoms with van der Waals surface area (Å²) in [6, 6.07) is 1.95. The van der Waals surface area contributed by atoms with Crippen molar-refractivity contribution in [1.29, 1.82) is 5.26 Å². The summed E-state index contributed by atoms with van der Waals surface area (Å²) in [6.07, 6.45) is 0. The molecule has 0 unspecified atom stereocenters. The molecule has 7 heteroatoms.